The van der Waals surface area contributed by atoms with Gasteiger partial charge in [0, 0.05) is 12.3 Å². The van der Waals surface area contributed by atoms with E-state index in [9.17, 15) is 14.9 Å². The average Bonchev–Trinajstić information content (AvgIpc) is 2.74. The zero-order valence-corrected chi connectivity index (χ0v) is 10.8. The Balaban J connectivity index is 2.37. The van der Waals surface area contributed by atoms with Gasteiger partial charge in [-0.2, -0.15) is 0 Å². The SMILES string of the molecule is CC(=O)c1cc([N+](=O)[O-])c(Sc2ccncn2)s1. The summed E-state index contributed by atoms with van der Waals surface area (Å²) in [6.07, 6.45) is 2.92. The summed E-state index contributed by atoms with van der Waals surface area (Å²) < 4.78 is 0.448. The second-order valence-electron chi connectivity index (χ2n) is 3.25. The zero-order chi connectivity index (χ0) is 13.1. The minimum absolute atomic E-state index is 0.0613. The number of thiophene rings is 1. The van der Waals surface area contributed by atoms with E-state index in [4.69, 9.17) is 0 Å². The normalized spacial score (nSPS) is 10.3. The van der Waals surface area contributed by atoms with Gasteiger partial charge in [0.15, 0.2) is 5.78 Å². The summed E-state index contributed by atoms with van der Waals surface area (Å²) in [6.45, 7) is 1.38. The van der Waals surface area contributed by atoms with Gasteiger partial charge in [-0.25, -0.2) is 9.97 Å². The van der Waals surface area contributed by atoms with Crippen LogP contribution in [-0.4, -0.2) is 20.7 Å². The molecule has 8 heteroatoms. The fourth-order valence-corrected chi connectivity index (χ4v) is 3.27. The van der Waals surface area contributed by atoms with Crippen LogP contribution in [0.25, 0.3) is 0 Å². The maximum Gasteiger partial charge on any atom is 0.294 e. The minimum atomic E-state index is -0.494. The lowest BCUT2D eigenvalue weighted by Crippen LogP contribution is -1.88. The van der Waals surface area contributed by atoms with Crippen LogP contribution >= 0.6 is 23.1 Å². The standard InChI is InChI=1S/C10H7N3O3S2/c1-6(14)8-4-7(13(15)16)10(17-8)18-9-2-3-11-5-12-9/h2-5H,1H3. The highest BCUT2D eigenvalue weighted by Gasteiger charge is 2.22. The van der Waals surface area contributed by atoms with Crippen molar-refractivity contribution in [3.63, 3.8) is 0 Å². The molecule has 0 aliphatic rings. The largest absolute Gasteiger partial charge is 0.294 e. The molecule has 0 radical (unpaired) electrons. The molecule has 0 aliphatic heterocycles. The van der Waals surface area contributed by atoms with E-state index in [1.165, 1.54) is 19.3 Å². The summed E-state index contributed by atoms with van der Waals surface area (Å²) in [4.78, 5) is 29.8. The topological polar surface area (TPSA) is 86.0 Å². The molecule has 2 rings (SSSR count). The molecule has 0 aliphatic carbocycles. The molecule has 0 N–H and O–H groups in total. The number of rotatable bonds is 4. The molecule has 92 valence electrons. The Bertz CT molecular complexity index is 598. The summed E-state index contributed by atoms with van der Waals surface area (Å²) in [7, 11) is 0. The van der Waals surface area contributed by atoms with Gasteiger partial charge in [0.2, 0.25) is 0 Å². The first kappa shape index (κ1) is 12.7. The monoisotopic (exact) mass is 281 g/mol. The molecule has 0 spiro atoms. The number of ketones is 1. The number of carbonyl (C=O) groups is 1. The Labute approximate surface area is 110 Å². The highest BCUT2D eigenvalue weighted by molar-refractivity contribution is 8.01. The third-order valence-corrected chi connectivity index (χ3v) is 4.34. The molecule has 2 aromatic rings. The number of aromatic nitrogens is 2. The molecular weight excluding hydrogens is 274 g/mol. The van der Waals surface area contributed by atoms with Crippen molar-refractivity contribution in [3.8, 4) is 0 Å². The molecule has 0 amide bonds. The van der Waals surface area contributed by atoms with Crippen molar-refractivity contribution in [2.75, 3.05) is 0 Å². The first-order valence-corrected chi connectivity index (χ1v) is 6.44. The Kier molecular flexibility index (Phi) is 3.68. The van der Waals surface area contributed by atoms with Gasteiger partial charge in [0.05, 0.1) is 9.80 Å². The maximum atomic E-state index is 11.2. The van der Waals surface area contributed by atoms with Gasteiger partial charge in [-0.15, -0.1) is 11.3 Å². The van der Waals surface area contributed by atoms with Gasteiger partial charge in [-0.1, -0.05) is 11.8 Å². The molecule has 0 unspecified atom stereocenters. The molecule has 0 atom stereocenters. The van der Waals surface area contributed by atoms with E-state index in [1.807, 2.05) is 0 Å². The summed E-state index contributed by atoms with van der Waals surface area (Å²) in [5.41, 5.74) is -0.0613. The summed E-state index contributed by atoms with van der Waals surface area (Å²) in [6, 6.07) is 2.96. The molecule has 0 aromatic carbocycles. The van der Waals surface area contributed by atoms with Crippen molar-refractivity contribution in [1.82, 2.24) is 9.97 Å². The van der Waals surface area contributed by atoms with Crippen molar-refractivity contribution in [2.24, 2.45) is 0 Å². The van der Waals surface area contributed by atoms with Crippen LogP contribution in [0.4, 0.5) is 5.69 Å². The predicted molar refractivity (Wildman–Crippen MR) is 67.1 cm³/mol. The number of carbonyl (C=O) groups excluding carboxylic acids is 1. The molecule has 0 fully saturated rings. The second kappa shape index (κ2) is 5.23. The Morgan fingerprint density at radius 3 is 2.89 bits per heavy atom. The third-order valence-electron chi connectivity index (χ3n) is 1.98. The van der Waals surface area contributed by atoms with Crippen LogP contribution in [0.15, 0.2) is 33.9 Å². The van der Waals surface area contributed by atoms with Gasteiger partial charge < -0.3 is 0 Å². The van der Waals surface area contributed by atoms with E-state index in [-0.39, 0.29) is 11.5 Å². The average molecular weight is 281 g/mol. The number of nitro groups is 1. The number of Topliss-reactive ketones (excluding diaryl/α,β-unsaturated/α-hetero) is 1. The first-order chi connectivity index (χ1) is 8.58. The second-order valence-corrected chi connectivity index (χ2v) is 5.59. The van der Waals surface area contributed by atoms with E-state index in [0.717, 1.165) is 23.1 Å². The van der Waals surface area contributed by atoms with Gasteiger partial charge in [-0.3, -0.25) is 14.9 Å². The van der Waals surface area contributed by atoms with Gasteiger partial charge in [-0.05, 0) is 13.0 Å². The van der Waals surface area contributed by atoms with E-state index in [1.54, 1.807) is 12.3 Å². The van der Waals surface area contributed by atoms with E-state index >= 15 is 0 Å². The van der Waals surface area contributed by atoms with E-state index < -0.39 is 4.92 Å². The van der Waals surface area contributed by atoms with Crippen molar-refractivity contribution in [1.29, 1.82) is 0 Å². The van der Waals surface area contributed by atoms with Gasteiger partial charge in [0.1, 0.15) is 15.6 Å². The van der Waals surface area contributed by atoms with Gasteiger partial charge >= 0.3 is 0 Å². The molecule has 2 aromatic heterocycles. The molecule has 0 saturated carbocycles. The highest BCUT2D eigenvalue weighted by Crippen LogP contribution is 2.40. The fraction of sp³-hybridized carbons (Fsp3) is 0.100. The van der Waals surface area contributed by atoms with Crippen LogP contribution in [0.5, 0.6) is 0 Å². The number of hydrogen-bond acceptors (Lipinski definition) is 7. The summed E-state index contributed by atoms with van der Waals surface area (Å²) in [5.74, 6) is -0.183. The number of hydrogen-bond donors (Lipinski definition) is 0. The maximum absolute atomic E-state index is 11.2. The minimum Gasteiger partial charge on any atom is -0.294 e. The van der Waals surface area contributed by atoms with Crippen LogP contribution in [0.3, 0.4) is 0 Å². The quantitative estimate of drug-likeness (QED) is 0.371. The van der Waals surface area contributed by atoms with E-state index in [2.05, 4.69) is 9.97 Å². The van der Waals surface area contributed by atoms with Crippen LogP contribution in [-0.2, 0) is 0 Å². The molecule has 18 heavy (non-hydrogen) atoms. The van der Waals surface area contributed by atoms with Crippen LogP contribution < -0.4 is 0 Å². The first-order valence-electron chi connectivity index (χ1n) is 4.81. The molecule has 2 heterocycles. The van der Waals surface area contributed by atoms with Crippen LogP contribution in [0.1, 0.15) is 16.6 Å². The van der Waals surface area contributed by atoms with Gasteiger partial charge in [0.25, 0.3) is 5.69 Å². The molecular formula is C10H7N3O3S2. The van der Waals surface area contributed by atoms with Crippen LogP contribution in [0, 0.1) is 10.1 Å². The lowest BCUT2D eigenvalue weighted by Gasteiger charge is -1.95. The lowest BCUT2D eigenvalue weighted by molar-refractivity contribution is -0.387. The van der Waals surface area contributed by atoms with Crippen molar-refractivity contribution in [2.45, 2.75) is 16.2 Å². The van der Waals surface area contributed by atoms with Crippen molar-refractivity contribution in [3.05, 3.63) is 39.6 Å². The summed E-state index contributed by atoms with van der Waals surface area (Å²) in [5, 5.41) is 11.5. The zero-order valence-electron chi connectivity index (χ0n) is 9.19. The predicted octanol–water partition coefficient (Wildman–Crippen LogP) is 2.80. The van der Waals surface area contributed by atoms with Crippen molar-refractivity contribution >= 4 is 34.6 Å². The molecule has 0 bridgehead atoms. The third kappa shape index (κ3) is 2.71. The summed E-state index contributed by atoms with van der Waals surface area (Å²) >= 11 is 2.26. The van der Waals surface area contributed by atoms with Crippen LogP contribution in [0.2, 0.25) is 0 Å². The molecule has 0 saturated heterocycles. The fourth-order valence-electron chi connectivity index (χ4n) is 1.17. The highest BCUT2D eigenvalue weighted by atomic mass is 32.2. The van der Waals surface area contributed by atoms with Crippen molar-refractivity contribution < 1.29 is 9.72 Å². The smallest absolute Gasteiger partial charge is 0.294 e. The van der Waals surface area contributed by atoms with E-state index in [0.29, 0.717) is 14.1 Å². The number of nitrogens with zero attached hydrogens (tertiary/aromatic N) is 3. The molecule has 6 nitrogen and oxygen atoms in total. The Morgan fingerprint density at radius 2 is 2.33 bits per heavy atom. The Morgan fingerprint density at radius 1 is 1.56 bits per heavy atom. The lowest BCUT2D eigenvalue weighted by atomic mass is 10.3. The Hall–Kier alpha value is -1.80.